The molecule has 33 heavy (non-hydrogen) atoms. The van der Waals surface area contributed by atoms with Crippen molar-refractivity contribution in [2.24, 2.45) is 0 Å². The molecular weight excluding hydrogens is 437 g/mol. The zero-order valence-corrected chi connectivity index (χ0v) is 19.6. The summed E-state index contributed by atoms with van der Waals surface area (Å²) in [5.74, 6) is -0.397. The summed E-state index contributed by atoms with van der Waals surface area (Å²) in [6.07, 6.45) is 7.17. The third-order valence-electron chi connectivity index (χ3n) is 6.28. The summed E-state index contributed by atoms with van der Waals surface area (Å²) < 4.78 is 18.2. The number of nitrogens with zero attached hydrogens (tertiary/aromatic N) is 7. The van der Waals surface area contributed by atoms with E-state index in [2.05, 4.69) is 39.7 Å². The summed E-state index contributed by atoms with van der Waals surface area (Å²) in [7, 11) is 2.15. The van der Waals surface area contributed by atoms with E-state index in [-0.39, 0.29) is 5.03 Å². The number of pyridine rings is 2. The Hall–Kier alpha value is -3.22. The first kappa shape index (κ1) is 21.6. The molecule has 0 N–H and O–H groups in total. The number of halogens is 1. The van der Waals surface area contributed by atoms with E-state index in [0.717, 1.165) is 53.3 Å². The molecule has 0 saturated carbocycles. The van der Waals surface area contributed by atoms with E-state index >= 15 is 0 Å². The van der Waals surface area contributed by atoms with Gasteiger partial charge in [-0.15, -0.1) is 0 Å². The number of hydrogen-bond donors (Lipinski definition) is 0. The Morgan fingerprint density at radius 3 is 2.76 bits per heavy atom. The first-order valence-corrected chi connectivity index (χ1v) is 11.7. The van der Waals surface area contributed by atoms with E-state index in [0.29, 0.717) is 17.1 Å². The third-order valence-corrected chi connectivity index (χ3v) is 7.30. The molecule has 0 spiro atoms. The van der Waals surface area contributed by atoms with Crippen molar-refractivity contribution in [2.75, 3.05) is 20.1 Å². The highest BCUT2D eigenvalue weighted by Gasteiger charge is 2.24. The van der Waals surface area contributed by atoms with Crippen molar-refractivity contribution in [3.8, 4) is 17.2 Å². The van der Waals surface area contributed by atoms with Gasteiger partial charge in [-0.1, -0.05) is 11.8 Å². The maximum absolute atomic E-state index is 14.4. The quantitative estimate of drug-likeness (QED) is 0.441. The molecule has 0 radical (unpaired) electrons. The fraction of sp³-hybridized carbons (Fsp3) is 0.333. The molecule has 4 aromatic rings. The monoisotopic (exact) mass is 461 g/mol. The maximum atomic E-state index is 14.4. The highest BCUT2D eigenvalue weighted by Crippen LogP contribution is 2.38. The van der Waals surface area contributed by atoms with Gasteiger partial charge in [0.05, 0.1) is 29.0 Å². The number of rotatable bonds is 4. The summed E-state index contributed by atoms with van der Waals surface area (Å²) in [5, 5.41) is 19.2. The van der Waals surface area contributed by atoms with Gasteiger partial charge in [0.25, 0.3) is 0 Å². The lowest BCUT2D eigenvalue weighted by molar-refractivity contribution is 0.210. The summed E-state index contributed by atoms with van der Waals surface area (Å²) in [6, 6.07) is 7.51. The van der Waals surface area contributed by atoms with Gasteiger partial charge in [0.1, 0.15) is 11.1 Å². The van der Waals surface area contributed by atoms with Gasteiger partial charge in [0.15, 0.2) is 5.82 Å². The Kier molecular flexibility index (Phi) is 5.64. The van der Waals surface area contributed by atoms with Gasteiger partial charge >= 0.3 is 0 Å². The molecular formula is C24H24FN7S. The largest absolute Gasteiger partial charge is 0.306 e. The highest BCUT2D eigenvalue weighted by molar-refractivity contribution is 7.99. The van der Waals surface area contributed by atoms with Gasteiger partial charge in [0, 0.05) is 34.1 Å². The van der Waals surface area contributed by atoms with Gasteiger partial charge < -0.3 is 4.90 Å². The van der Waals surface area contributed by atoms with E-state index in [1.807, 2.05) is 19.2 Å². The van der Waals surface area contributed by atoms with Crippen molar-refractivity contribution in [2.45, 2.75) is 42.7 Å². The first-order chi connectivity index (χ1) is 16.0. The normalized spacial score (nSPS) is 15.2. The Morgan fingerprint density at radius 2 is 2.03 bits per heavy atom. The molecule has 168 valence electrons. The lowest BCUT2D eigenvalue weighted by Crippen LogP contribution is -2.32. The van der Waals surface area contributed by atoms with Gasteiger partial charge in [-0.3, -0.25) is 4.68 Å². The minimum atomic E-state index is -0.397. The molecule has 1 aliphatic heterocycles. The Balaban J connectivity index is 1.63. The number of hydrogen-bond acceptors (Lipinski definition) is 6. The third kappa shape index (κ3) is 3.90. The van der Waals surface area contributed by atoms with Gasteiger partial charge in [0.2, 0.25) is 0 Å². The minimum absolute atomic E-state index is 0.261. The van der Waals surface area contributed by atoms with Crippen LogP contribution in [0.1, 0.15) is 35.8 Å². The number of fused-ring (bicyclic) bond motifs is 1. The number of aromatic nitrogens is 5. The molecule has 5 rings (SSSR count). The molecule has 0 atom stereocenters. The van der Waals surface area contributed by atoms with Gasteiger partial charge in [-0.25, -0.2) is 13.9 Å². The molecule has 1 aliphatic rings. The van der Waals surface area contributed by atoms with Crippen LogP contribution in [0.2, 0.25) is 0 Å². The average Bonchev–Trinajstić information content (AvgIpc) is 3.36. The molecule has 9 heteroatoms. The number of nitriles is 1. The van der Waals surface area contributed by atoms with Crippen molar-refractivity contribution in [1.82, 2.24) is 29.3 Å². The number of likely N-dealkylation sites (tertiary alicyclic amines) is 1. The number of piperidine rings is 1. The van der Waals surface area contributed by atoms with Crippen LogP contribution >= 0.6 is 11.8 Å². The molecule has 0 bridgehead atoms. The lowest BCUT2D eigenvalue weighted by Gasteiger charge is -2.29. The highest BCUT2D eigenvalue weighted by atomic mass is 32.2. The molecule has 5 heterocycles. The second kappa shape index (κ2) is 8.61. The van der Waals surface area contributed by atoms with Crippen LogP contribution < -0.4 is 0 Å². The van der Waals surface area contributed by atoms with Crippen molar-refractivity contribution < 1.29 is 4.39 Å². The van der Waals surface area contributed by atoms with Crippen LogP contribution in [0.25, 0.3) is 16.6 Å². The van der Waals surface area contributed by atoms with Gasteiger partial charge in [-0.2, -0.15) is 15.5 Å². The molecule has 1 saturated heterocycles. The van der Waals surface area contributed by atoms with Crippen molar-refractivity contribution in [3.63, 3.8) is 0 Å². The predicted octanol–water partition coefficient (Wildman–Crippen LogP) is 4.64. The Bertz CT molecular complexity index is 1380. The molecule has 0 aliphatic carbocycles. The number of aryl methyl sites for hydroxylation is 1. The van der Waals surface area contributed by atoms with Crippen molar-refractivity contribution in [1.29, 1.82) is 5.26 Å². The summed E-state index contributed by atoms with van der Waals surface area (Å²) in [5.41, 5.74) is 5.12. The van der Waals surface area contributed by atoms with Gasteiger partial charge in [-0.05, 0) is 65.0 Å². The minimum Gasteiger partial charge on any atom is -0.306 e. The lowest BCUT2D eigenvalue weighted by atomic mass is 10.0. The standard InChI is InChI=1S/C24H24FN7S/c1-15-22(16(2)32(29-15)19-6-9-30(3)10-7-19)17-11-21(33-24-20(25)5-4-8-27-24)23-18(12-26)13-28-31(23)14-17/h4-5,8,11,13-14,19H,6-7,9-10H2,1-3H3. The molecule has 0 aromatic carbocycles. The molecule has 1 fully saturated rings. The molecule has 4 aromatic heterocycles. The zero-order valence-electron chi connectivity index (χ0n) is 18.8. The molecule has 7 nitrogen and oxygen atoms in total. The van der Waals surface area contributed by atoms with E-state index in [4.69, 9.17) is 5.10 Å². The summed E-state index contributed by atoms with van der Waals surface area (Å²) in [4.78, 5) is 7.26. The molecule has 0 amide bonds. The van der Waals surface area contributed by atoms with Crippen LogP contribution in [0.4, 0.5) is 4.39 Å². The Labute approximate surface area is 195 Å². The topological polar surface area (TPSA) is 75.0 Å². The zero-order chi connectivity index (χ0) is 23.1. The molecule has 0 unspecified atom stereocenters. The van der Waals surface area contributed by atoms with Crippen LogP contribution in [0.5, 0.6) is 0 Å². The van der Waals surface area contributed by atoms with E-state index < -0.39 is 5.82 Å². The smallest absolute Gasteiger partial charge is 0.155 e. The van der Waals surface area contributed by atoms with E-state index in [1.54, 1.807) is 23.0 Å². The summed E-state index contributed by atoms with van der Waals surface area (Å²) >= 11 is 1.20. The fourth-order valence-corrected chi connectivity index (χ4v) is 5.58. The van der Waals surface area contributed by atoms with Crippen molar-refractivity contribution in [3.05, 3.63) is 59.6 Å². The van der Waals surface area contributed by atoms with E-state index in [1.165, 1.54) is 17.8 Å². The van der Waals surface area contributed by atoms with Crippen LogP contribution in [0.15, 0.2) is 46.7 Å². The first-order valence-electron chi connectivity index (χ1n) is 10.9. The predicted molar refractivity (Wildman–Crippen MR) is 125 cm³/mol. The van der Waals surface area contributed by atoms with Crippen LogP contribution in [-0.4, -0.2) is 49.4 Å². The second-order valence-corrected chi connectivity index (χ2v) is 9.50. The van der Waals surface area contributed by atoms with Crippen LogP contribution in [0.3, 0.4) is 0 Å². The average molecular weight is 462 g/mol. The maximum Gasteiger partial charge on any atom is 0.155 e. The fourth-order valence-electron chi connectivity index (χ4n) is 4.61. The summed E-state index contributed by atoms with van der Waals surface area (Å²) in [6.45, 7) is 6.25. The van der Waals surface area contributed by atoms with E-state index in [9.17, 15) is 9.65 Å². The second-order valence-electron chi connectivity index (χ2n) is 8.47. The van der Waals surface area contributed by atoms with Crippen molar-refractivity contribution >= 4 is 17.3 Å². The van der Waals surface area contributed by atoms with Crippen LogP contribution in [-0.2, 0) is 0 Å². The Morgan fingerprint density at radius 1 is 1.24 bits per heavy atom. The van der Waals surface area contributed by atoms with Crippen LogP contribution in [0, 0.1) is 31.0 Å². The SMILES string of the molecule is Cc1nn(C2CCN(C)CC2)c(C)c1-c1cc(Sc2ncccc2F)c2c(C#N)cnn2c1.